The zero-order valence-corrected chi connectivity index (χ0v) is 17.7. The van der Waals surface area contributed by atoms with E-state index in [2.05, 4.69) is 39.2 Å². The zero-order valence-electron chi connectivity index (χ0n) is 15.3. The molecule has 1 aromatic rings. The molecule has 2 heterocycles. The Morgan fingerprint density at radius 2 is 1.84 bits per heavy atom. The lowest BCUT2D eigenvalue weighted by Gasteiger charge is -2.41. The van der Waals surface area contributed by atoms with E-state index in [4.69, 9.17) is 9.47 Å². The summed E-state index contributed by atoms with van der Waals surface area (Å²) < 4.78 is 10.5. The van der Waals surface area contributed by atoms with Crippen molar-refractivity contribution in [3.8, 4) is 5.75 Å². The van der Waals surface area contributed by atoms with Gasteiger partial charge in [-0.1, -0.05) is 6.92 Å². The lowest BCUT2D eigenvalue weighted by molar-refractivity contribution is -0.0972. The number of benzene rings is 1. The minimum atomic E-state index is 0. The van der Waals surface area contributed by atoms with Gasteiger partial charge in [-0.05, 0) is 24.3 Å². The van der Waals surface area contributed by atoms with E-state index < -0.39 is 0 Å². The normalized spacial score (nSPS) is 19.7. The minimum Gasteiger partial charge on any atom is -0.497 e. The first-order valence-electron chi connectivity index (χ1n) is 8.56. The third-order valence-corrected chi connectivity index (χ3v) is 4.80. The standard InChI is InChI=1S/C18H28N4O2.HI/c1-18(13-24-14-18)12-20-17(19-2)22-10-8-21(9-11-22)15-4-6-16(23-3)7-5-15;/h4-7H,8-14H2,1-3H3,(H,19,20);1H. The van der Waals surface area contributed by atoms with Crippen molar-refractivity contribution >= 4 is 35.6 Å². The summed E-state index contributed by atoms with van der Waals surface area (Å²) in [6.45, 7) is 8.76. The molecular weight excluding hydrogens is 431 g/mol. The highest BCUT2D eigenvalue weighted by atomic mass is 127. The van der Waals surface area contributed by atoms with Gasteiger partial charge >= 0.3 is 0 Å². The lowest BCUT2D eigenvalue weighted by atomic mass is 9.89. The van der Waals surface area contributed by atoms with Crippen molar-refractivity contribution in [2.24, 2.45) is 10.4 Å². The largest absolute Gasteiger partial charge is 0.497 e. The number of nitrogens with one attached hydrogen (secondary N) is 1. The van der Waals surface area contributed by atoms with Crippen molar-refractivity contribution in [2.45, 2.75) is 6.92 Å². The van der Waals surface area contributed by atoms with Crippen LogP contribution in [0.25, 0.3) is 0 Å². The van der Waals surface area contributed by atoms with Gasteiger partial charge in [-0.25, -0.2) is 0 Å². The molecule has 2 aliphatic rings. The highest BCUT2D eigenvalue weighted by Gasteiger charge is 2.33. The highest BCUT2D eigenvalue weighted by molar-refractivity contribution is 14.0. The molecule has 0 saturated carbocycles. The molecule has 3 rings (SSSR count). The van der Waals surface area contributed by atoms with E-state index in [9.17, 15) is 0 Å². The fourth-order valence-corrected chi connectivity index (χ4v) is 3.15. The monoisotopic (exact) mass is 460 g/mol. The first-order valence-corrected chi connectivity index (χ1v) is 8.56. The third kappa shape index (κ3) is 4.91. The van der Waals surface area contributed by atoms with E-state index >= 15 is 0 Å². The molecule has 0 atom stereocenters. The molecule has 0 aromatic heterocycles. The molecule has 7 heteroatoms. The van der Waals surface area contributed by atoms with Gasteiger partial charge in [0.05, 0.1) is 20.3 Å². The van der Waals surface area contributed by atoms with Crippen molar-refractivity contribution in [2.75, 3.05) is 65.0 Å². The van der Waals surface area contributed by atoms with E-state index in [1.165, 1.54) is 5.69 Å². The zero-order chi connectivity index (χ0) is 17.0. The van der Waals surface area contributed by atoms with Crippen molar-refractivity contribution in [1.29, 1.82) is 0 Å². The van der Waals surface area contributed by atoms with Gasteiger partial charge in [0.2, 0.25) is 0 Å². The van der Waals surface area contributed by atoms with Crippen LogP contribution < -0.4 is 15.0 Å². The Hall–Kier alpha value is -1.22. The van der Waals surface area contributed by atoms with Crippen LogP contribution >= 0.6 is 24.0 Å². The number of piperazine rings is 1. The smallest absolute Gasteiger partial charge is 0.193 e. The number of anilines is 1. The molecule has 6 nitrogen and oxygen atoms in total. The van der Waals surface area contributed by atoms with Gasteiger partial charge in [0.25, 0.3) is 0 Å². The summed E-state index contributed by atoms with van der Waals surface area (Å²) in [5.41, 5.74) is 1.50. The van der Waals surface area contributed by atoms with Gasteiger partial charge < -0.3 is 24.6 Å². The number of methoxy groups -OCH3 is 1. The third-order valence-electron chi connectivity index (χ3n) is 4.80. The average Bonchev–Trinajstić information content (AvgIpc) is 2.61. The Morgan fingerprint density at radius 1 is 1.20 bits per heavy atom. The number of aliphatic imine (C=N–C) groups is 1. The average molecular weight is 460 g/mol. The molecule has 25 heavy (non-hydrogen) atoms. The van der Waals surface area contributed by atoms with E-state index in [-0.39, 0.29) is 29.4 Å². The molecular formula is C18H29IN4O2. The quantitative estimate of drug-likeness (QED) is 0.424. The molecule has 2 fully saturated rings. The molecule has 1 N–H and O–H groups in total. The Balaban J connectivity index is 0.00000225. The Labute approximate surface area is 167 Å². The number of ether oxygens (including phenoxy) is 2. The maximum absolute atomic E-state index is 5.32. The summed E-state index contributed by atoms with van der Waals surface area (Å²) in [4.78, 5) is 9.19. The highest BCUT2D eigenvalue weighted by Crippen LogP contribution is 2.25. The minimum absolute atomic E-state index is 0. The molecule has 1 aromatic carbocycles. The van der Waals surface area contributed by atoms with Crippen molar-refractivity contribution < 1.29 is 9.47 Å². The van der Waals surface area contributed by atoms with Crippen LogP contribution in [0.3, 0.4) is 0 Å². The molecule has 2 aliphatic heterocycles. The van der Waals surface area contributed by atoms with Crippen LogP contribution in [0, 0.1) is 5.41 Å². The predicted molar refractivity (Wildman–Crippen MR) is 112 cm³/mol. The first kappa shape index (κ1) is 20.1. The molecule has 0 aliphatic carbocycles. The predicted octanol–water partition coefficient (Wildman–Crippen LogP) is 2.05. The SMILES string of the molecule is CN=C(NCC1(C)COC1)N1CCN(c2ccc(OC)cc2)CC1.I. The summed E-state index contributed by atoms with van der Waals surface area (Å²) in [7, 11) is 3.56. The van der Waals surface area contributed by atoms with Crippen LogP contribution in [-0.2, 0) is 4.74 Å². The Morgan fingerprint density at radius 3 is 2.32 bits per heavy atom. The summed E-state index contributed by atoms with van der Waals surface area (Å²) in [6, 6.07) is 8.28. The van der Waals surface area contributed by atoms with Crippen LogP contribution in [-0.4, -0.2) is 71.0 Å². The second kappa shape index (κ2) is 8.93. The molecule has 0 radical (unpaired) electrons. The van der Waals surface area contributed by atoms with Crippen LogP contribution in [0.15, 0.2) is 29.3 Å². The number of nitrogens with zero attached hydrogens (tertiary/aromatic N) is 3. The Bertz CT molecular complexity index is 567. The molecule has 0 amide bonds. The number of hydrogen-bond acceptors (Lipinski definition) is 4. The Kier molecular flexibility index (Phi) is 7.18. The van der Waals surface area contributed by atoms with Crippen LogP contribution in [0.4, 0.5) is 5.69 Å². The summed E-state index contributed by atoms with van der Waals surface area (Å²) >= 11 is 0. The summed E-state index contributed by atoms with van der Waals surface area (Å²) in [5.74, 6) is 1.90. The lowest BCUT2D eigenvalue weighted by Crippen LogP contribution is -2.56. The van der Waals surface area contributed by atoms with Gasteiger partial charge in [-0.3, -0.25) is 4.99 Å². The number of halogens is 1. The molecule has 0 unspecified atom stereocenters. The summed E-state index contributed by atoms with van der Waals surface area (Å²) in [6.07, 6.45) is 0. The maximum atomic E-state index is 5.32. The molecule has 0 spiro atoms. The maximum Gasteiger partial charge on any atom is 0.193 e. The van der Waals surface area contributed by atoms with Crippen molar-refractivity contribution in [3.63, 3.8) is 0 Å². The molecule has 2 saturated heterocycles. The van der Waals surface area contributed by atoms with E-state index in [0.29, 0.717) is 0 Å². The van der Waals surface area contributed by atoms with Gasteiger partial charge in [0, 0.05) is 50.9 Å². The second-order valence-corrected chi connectivity index (χ2v) is 6.88. The van der Waals surface area contributed by atoms with Crippen LogP contribution in [0.5, 0.6) is 5.75 Å². The van der Waals surface area contributed by atoms with Crippen molar-refractivity contribution in [1.82, 2.24) is 10.2 Å². The topological polar surface area (TPSA) is 49.3 Å². The van der Waals surface area contributed by atoms with Gasteiger partial charge in [0.1, 0.15) is 5.75 Å². The van der Waals surface area contributed by atoms with E-state index in [1.54, 1.807) is 7.11 Å². The fourth-order valence-electron chi connectivity index (χ4n) is 3.15. The van der Waals surface area contributed by atoms with Crippen LogP contribution in [0.1, 0.15) is 6.92 Å². The van der Waals surface area contributed by atoms with E-state index in [0.717, 1.165) is 57.6 Å². The van der Waals surface area contributed by atoms with Crippen LogP contribution in [0.2, 0.25) is 0 Å². The van der Waals surface area contributed by atoms with Gasteiger partial charge in [0.15, 0.2) is 5.96 Å². The fraction of sp³-hybridized carbons (Fsp3) is 0.611. The molecule has 0 bridgehead atoms. The number of hydrogen-bond donors (Lipinski definition) is 1. The summed E-state index contributed by atoms with van der Waals surface area (Å²) in [5, 5.41) is 3.51. The van der Waals surface area contributed by atoms with Crippen molar-refractivity contribution in [3.05, 3.63) is 24.3 Å². The number of guanidine groups is 1. The molecule has 140 valence electrons. The van der Waals surface area contributed by atoms with Gasteiger partial charge in [-0.15, -0.1) is 24.0 Å². The van der Waals surface area contributed by atoms with E-state index in [1.807, 2.05) is 19.2 Å². The number of rotatable bonds is 4. The second-order valence-electron chi connectivity index (χ2n) is 6.88. The first-order chi connectivity index (χ1) is 11.6. The van der Waals surface area contributed by atoms with Gasteiger partial charge in [-0.2, -0.15) is 0 Å².